The van der Waals surface area contributed by atoms with E-state index >= 15 is 0 Å². The van der Waals surface area contributed by atoms with Crippen molar-refractivity contribution in [2.75, 3.05) is 5.32 Å². The van der Waals surface area contributed by atoms with Crippen LogP contribution in [0.1, 0.15) is 10.4 Å². The van der Waals surface area contributed by atoms with Crippen LogP contribution in [-0.4, -0.2) is 10.9 Å². The smallest absolute Gasteiger partial charge is 0.262 e. The molecule has 5 nitrogen and oxygen atoms in total. The molecule has 5 aromatic rings. The Morgan fingerprint density at radius 2 is 1.69 bits per heavy atom. The van der Waals surface area contributed by atoms with Gasteiger partial charge >= 0.3 is 0 Å². The quantitative estimate of drug-likeness (QED) is 0.446. The topological polar surface area (TPSA) is 72.2 Å². The molecule has 0 aliphatic rings. The van der Waals surface area contributed by atoms with E-state index in [0.29, 0.717) is 16.7 Å². The van der Waals surface area contributed by atoms with Gasteiger partial charge in [-0.3, -0.25) is 9.59 Å². The lowest BCUT2D eigenvalue weighted by atomic mass is 10.1. The Labute approximate surface area is 169 Å². The van der Waals surface area contributed by atoms with Crippen LogP contribution in [0.25, 0.3) is 31.8 Å². The number of thiazole rings is 1. The highest BCUT2D eigenvalue weighted by Gasteiger charge is 2.14. The minimum atomic E-state index is -0.503. The number of rotatable bonds is 3. The van der Waals surface area contributed by atoms with Crippen LogP contribution in [0.15, 0.2) is 88.3 Å². The van der Waals surface area contributed by atoms with Crippen molar-refractivity contribution in [3.8, 4) is 10.6 Å². The van der Waals surface area contributed by atoms with E-state index in [0.717, 1.165) is 20.8 Å². The van der Waals surface area contributed by atoms with E-state index in [1.807, 2.05) is 36.4 Å². The average Bonchev–Trinajstić information content (AvgIpc) is 3.19. The molecular formula is C23H14N2O3S. The van der Waals surface area contributed by atoms with Crippen molar-refractivity contribution in [3.05, 3.63) is 94.8 Å². The van der Waals surface area contributed by atoms with E-state index in [2.05, 4.69) is 10.3 Å². The summed E-state index contributed by atoms with van der Waals surface area (Å²) in [5.41, 5.74) is 2.60. The molecule has 1 N–H and O–H groups in total. The molecule has 2 aromatic heterocycles. The molecule has 29 heavy (non-hydrogen) atoms. The maximum absolute atomic E-state index is 12.6. The van der Waals surface area contributed by atoms with Gasteiger partial charge in [0.1, 0.15) is 22.4 Å². The van der Waals surface area contributed by atoms with Crippen LogP contribution in [0.4, 0.5) is 5.69 Å². The first-order chi connectivity index (χ1) is 14.2. The Kier molecular flexibility index (Phi) is 4.18. The molecule has 1 amide bonds. The highest BCUT2D eigenvalue weighted by molar-refractivity contribution is 7.21. The van der Waals surface area contributed by atoms with Gasteiger partial charge in [0.2, 0.25) is 5.43 Å². The lowest BCUT2D eigenvalue weighted by Crippen LogP contribution is -2.21. The van der Waals surface area contributed by atoms with Crippen LogP contribution in [-0.2, 0) is 0 Å². The fraction of sp³-hybridized carbons (Fsp3) is 0. The van der Waals surface area contributed by atoms with Gasteiger partial charge in [0.15, 0.2) is 0 Å². The molecule has 0 aliphatic carbocycles. The van der Waals surface area contributed by atoms with Crippen LogP contribution < -0.4 is 10.7 Å². The maximum Gasteiger partial charge on any atom is 0.262 e. The fourth-order valence-corrected chi connectivity index (χ4v) is 4.10. The number of hydrogen-bond donors (Lipinski definition) is 1. The third-order valence-corrected chi connectivity index (χ3v) is 5.69. The molecule has 140 valence electrons. The molecule has 3 aromatic carbocycles. The molecular weight excluding hydrogens is 384 g/mol. The molecule has 0 radical (unpaired) electrons. The minimum absolute atomic E-state index is 0.0288. The van der Waals surface area contributed by atoms with Crippen LogP contribution in [0.3, 0.4) is 0 Å². The van der Waals surface area contributed by atoms with Gasteiger partial charge < -0.3 is 9.73 Å². The Balaban J connectivity index is 1.40. The number of nitrogens with one attached hydrogen (secondary N) is 1. The number of nitrogens with zero attached hydrogens (tertiary/aromatic N) is 1. The normalized spacial score (nSPS) is 11.0. The van der Waals surface area contributed by atoms with Crippen molar-refractivity contribution in [3.63, 3.8) is 0 Å². The zero-order chi connectivity index (χ0) is 19.8. The highest BCUT2D eigenvalue weighted by Crippen LogP contribution is 2.30. The summed E-state index contributed by atoms with van der Waals surface area (Å²) >= 11 is 1.62. The minimum Gasteiger partial charge on any atom is -0.463 e. The number of carbonyl (C=O) groups is 1. The van der Waals surface area contributed by atoms with E-state index in [1.165, 1.54) is 6.26 Å². The second-order valence-electron chi connectivity index (χ2n) is 6.49. The molecule has 2 heterocycles. The first-order valence-electron chi connectivity index (χ1n) is 8.97. The van der Waals surface area contributed by atoms with Gasteiger partial charge in [0, 0.05) is 11.3 Å². The molecule has 5 rings (SSSR count). The summed E-state index contributed by atoms with van der Waals surface area (Å²) in [6.07, 6.45) is 1.20. The van der Waals surface area contributed by atoms with Crippen molar-refractivity contribution in [1.82, 2.24) is 4.98 Å². The largest absolute Gasteiger partial charge is 0.463 e. The van der Waals surface area contributed by atoms with Crippen LogP contribution in [0.5, 0.6) is 0 Å². The summed E-state index contributed by atoms with van der Waals surface area (Å²) in [5, 5.41) is 4.05. The van der Waals surface area contributed by atoms with E-state index in [-0.39, 0.29) is 11.0 Å². The molecule has 0 aliphatic heterocycles. The van der Waals surface area contributed by atoms with E-state index < -0.39 is 5.91 Å². The van der Waals surface area contributed by atoms with Gasteiger partial charge in [-0.15, -0.1) is 11.3 Å². The summed E-state index contributed by atoms with van der Waals surface area (Å²) in [6.45, 7) is 0. The molecule has 0 saturated carbocycles. The van der Waals surface area contributed by atoms with Crippen molar-refractivity contribution >= 4 is 44.1 Å². The molecule has 0 unspecified atom stereocenters. The maximum atomic E-state index is 12.6. The molecule has 0 atom stereocenters. The lowest BCUT2D eigenvalue weighted by Gasteiger charge is -2.06. The van der Waals surface area contributed by atoms with Gasteiger partial charge in [-0.2, -0.15) is 0 Å². The number of benzene rings is 3. The second kappa shape index (κ2) is 7.00. The predicted octanol–water partition coefficient (Wildman–Crippen LogP) is 5.32. The van der Waals surface area contributed by atoms with Crippen LogP contribution in [0.2, 0.25) is 0 Å². The first-order valence-corrected chi connectivity index (χ1v) is 9.78. The molecule has 0 fully saturated rings. The Hall–Kier alpha value is -3.77. The SMILES string of the molecule is O=C(Nc1ccc(-c2nc3ccccc3s2)cc1)c1coc2ccccc2c1=O. The first kappa shape index (κ1) is 17.3. The third kappa shape index (κ3) is 3.19. The lowest BCUT2D eigenvalue weighted by molar-refractivity contribution is 0.102. The fourth-order valence-electron chi connectivity index (χ4n) is 3.12. The summed E-state index contributed by atoms with van der Waals surface area (Å²) < 4.78 is 6.55. The van der Waals surface area contributed by atoms with Crippen LogP contribution in [0, 0.1) is 0 Å². The molecule has 0 spiro atoms. The summed E-state index contributed by atoms with van der Waals surface area (Å²) in [7, 11) is 0. The average molecular weight is 398 g/mol. The standard InChI is InChI=1S/C23H14N2O3S/c26-21-16-5-1-3-7-19(16)28-13-17(21)22(27)24-15-11-9-14(10-12-15)23-25-18-6-2-4-8-20(18)29-23/h1-13H,(H,24,27). The second-order valence-corrected chi connectivity index (χ2v) is 7.52. The number of hydrogen-bond acceptors (Lipinski definition) is 5. The predicted molar refractivity (Wildman–Crippen MR) is 115 cm³/mol. The molecule has 0 bridgehead atoms. The van der Waals surface area contributed by atoms with Crippen molar-refractivity contribution in [1.29, 1.82) is 0 Å². The summed E-state index contributed by atoms with van der Waals surface area (Å²) in [5.74, 6) is -0.503. The van der Waals surface area contributed by atoms with E-state index in [4.69, 9.17) is 4.42 Å². The zero-order valence-corrected chi connectivity index (χ0v) is 15.9. The Morgan fingerprint density at radius 3 is 2.52 bits per heavy atom. The van der Waals surface area contributed by atoms with Gasteiger partial charge in [0.05, 0.1) is 15.6 Å². The van der Waals surface area contributed by atoms with Crippen molar-refractivity contribution in [2.24, 2.45) is 0 Å². The Bertz CT molecular complexity index is 1380. The van der Waals surface area contributed by atoms with Gasteiger partial charge in [-0.25, -0.2) is 4.98 Å². The summed E-state index contributed by atoms with van der Waals surface area (Å²) in [4.78, 5) is 29.8. The van der Waals surface area contributed by atoms with E-state index in [1.54, 1.807) is 47.7 Å². The highest BCUT2D eigenvalue weighted by atomic mass is 32.1. The summed E-state index contributed by atoms with van der Waals surface area (Å²) in [6, 6.07) is 22.2. The van der Waals surface area contributed by atoms with Crippen LogP contribution >= 0.6 is 11.3 Å². The number of carbonyl (C=O) groups excluding carboxylic acids is 1. The third-order valence-electron chi connectivity index (χ3n) is 4.61. The number of amides is 1. The number of aromatic nitrogens is 1. The molecule has 6 heteroatoms. The Morgan fingerprint density at radius 1 is 0.931 bits per heavy atom. The van der Waals surface area contributed by atoms with Gasteiger partial charge in [-0.05, 0) is 48.5 Å². The van der Waals surface area contributed by atoms with Crippen molar-refractivity contribution in [2.45, 2.75) is 0 Å². The number of para-hydroxylation sites is 2. The number of anilines is 1. The number of fused-ring (bicyclic) bond motifs is 2. The zero-order valence-electron chi connectivity index (χ0n) is 15.1. The molecule has 0 saturated heterocycles. The monoisotopic (exact) mass is 398 g/mol. The van der Waals surface area contributed by atoms with Crippen molar-refractivity contribution < 1.29 is 9.21 Å². The van der Waals surface area contributed by atoms with E-state index in [9.17, 15) is 9.59 Å². The van der Waals surface area contributed by atoms with Gasteiger partial charge in [0.25, 0.3) is 5.91 Å². The van der Waals surface area contributed by atoms with Gasteiger partial charge in [-0.1, -0.05) is 24.3 Å².